The van der Waals surface area contributed by atoms with Crippen LogP contribution in [0.4, 0.5) is 0 Å². The lowest BCUT2D eigenvalue weighted by molar-refractivity contribution is -0.119. The molecule has 0 bridgehead atoms. The first-order valence-corrected chi connectivity index (χ1v) is 9.43. The van der Waals surface area contributed by atoms with Gasteiger partial charge in [-0.3, -0.25) is 9.79 Å². The Balaban J connectivity index is 0.00000243. The third-order valence-electron chi connectivity index (χ3n) is 5.06. The summed E-state index contributed by atoms with van der Waals surface area (Å²) in [6.45, 7) is 3.36. The number of piperidine rings is 1. The first kappa shape index (κ1) is 21.6. The van der Waals surface area contributed by atoms with E-state index in [4.69, 9.17) is 23.2 Å². The van der Waals surface area contributed by atoms with Crippen molar-refractivity contribution in [3.8, 4) is 0 Å². The van der Waals surface area contributed by atoms with E-state index in [0.717, 1.165) is 57.0 Å². The summed E-state index contributed by atoms with van der Waals surface area (Å²) in [6.07, 6.45) is 3.60. The van der Waals surface area contributed by atoms with Gasteiger partial charge in [0.05, 0.1) is 0 Å². The fourth-order valence-corrected chi connectivity index (χ4v) is 4.30. The summed E-state index contributed by atoms with van der Waals surface area (Å²) in [5, 5.41) is 7.75. The summed E-state index contributed by atoms with van der Waals surface area (Å²) in [5.74, 6) is 1.06. The van der Waals surface area contributed by atoms with Crippen LogP contribution in [0, 0.1) is 5.41 Å². The Labute approximate surface area is 181 Å². The first-order valence-electron chi connectivity index (χ1n) is 8.68. The largest absolute Gasteiger partial charge is 0.356 e. The molecule has 1 unspecified atom stereocenters. The third kappa shape index (κ3) is 5.16. The Morgan fingerprint density at radius 2 is 2.23 bits per heavy atom. The SMILES string of the molecule is CN=C(NCCc1ccc(Cl)cc1Cl)N1CCCC2(CNC(=O)C2)C1.I. The minimum absolute atomic E-state index is 0. The minimum Gasteiger partial charge on any atom is -0.356 e. The van der Waals surface area contributed by atoms with Crippen LogP contribution in [-0.4, -0.2) is 50.0 Å². The van der Waals surface area contributed by atoms with Gasteiger partial charge in [0.15, 0.2) is 5.96 Å². The average Bonchev–Trinajstić information content (AvgIpc) is 2.93. The topological polar surface area (TPSA) is 56.7 Å². The number of carbonyl (C=O) groups excluding carboxylic acids is 1. The number of halogens is 3. The van der Waals surface area contributed by atoms with Crippen molar-refractivity contribution in [3.05, 3.63) is 33.8 Å². The van der Waals surface area contributed by atoms with Crippen molar-refractivity contribution in [3.63, 3.8) is 0 Å². The minimum atomic E-state index is 0. The zero-order chi connectivity index (χ0) is 17.9. The Morgan fingerprint density at radius 3 is 2.88 bits per heavy atom. The molecule has 2 heterocycles. The van der Waals surface area contributed by atoms with Crippen molar-refractivity contribution in [1.29, 1.82) is 0 Å². The molecular weight excluding hydrogens is 486 g/mol. The second kappa shape index (κ2) is 9.46. The fraction of sp³-hybridized carbons (Fsp3) is 0.556. The molecule has 1 atom stereocenters. The predicted molar refractivity (Wildman–Crippen MR) is 118 cm³/mol. The van der Waals surface area contributed by atoms with Gasteiger partial charge in [0.2, 0.25) is 5.91 Å². The van der Waals surface area contributed by atoms with E-state index < -0.39 is 0 Å². The zero-order valence-corrected chi connectivity index (χ0v) is 18.7. The summed E-state index contributed by atoms with van der Waals surface area (Å²) in [6, 6.07) is 5.59. The number of carbonyl (C=O) groups is 1. The Bertz CT molecular complexity index is 685. The monoisotopic (exact) mass is 510 g/mol. The van der Waals surface area contributed by atoms with Crippen molar-refractivity contribution >= 4 is 59.0 Å². The van der Waals surface area contributed by atoms with Gasteiger partial charge in [0.1, 0.15) is 0 Å². The molecule has 0 saturated carbocycles. The molecule has 0 aromatic heterocycles. The number of hydrogen-bond acceptors (Lipinski definition) is 2. The molecule has 8 heteroatoms. The van der Waals surface area contributed by atoms with Gasteiger partial charge in [-0.2, -0.15) is 0 Å². The van der Waals surface area contributed by atoms with E-state index in [9.17, 15) is 4.79 Å². The van der Waals surface area contributed by atoms with Crippen LogP contribution in [0.5, 0.6) is 0 Å². The lowest BCUT2D eigenvalue weighted by Crippen LogP contribution is -2.51. The lowest BCUT2D eigenvalue weighted by atomic mass is 9.79. The highest BCUT2D eigenvalue weighted by atomic mass is 127. The Hall–Kier alpha value is -0.730. The fourth-order valence-electron chi connectivity index (χ4n) is 3.79. The molecule has 0 radical (unpaired) electrons. The second-order valence-electron chi connectivity index (χ2n) is 6.94. The van der Waals surface area contributed by atoms with Crippen LogP contribution in [0.2, 0.25) is 10.0 Å². The summed E-state index contributed by atoms with van der Waals surface area (Å²) in [5.41, 5.74) is 1.13. The Morgan fingerprint density at radius 1 is 1.42 bits per heavy atom. The van der Waals surface area contributed by atoms with E-state index >= 15 is 0 Å². The maximum absolute atomic E-state index is 11.6. The van der Waals surface area contributed by atoms with Gasteiger partial charge in [-0.1, -0.05) is 29.3 Å². The highest BCUT2D eigenvalue weighted by Crippen LogP contribution is 2.36. The number of aliphatic imine (C=N–C) groups is 1. The number of hydrogen-bond donors (Lipinski definition) is 2. The van der Waals surface area contributed by atoms with E-state index in [-0.39, 0.29) is 35.3 Å². The first-order chi connectivity index (χ1) is 12.0. The predicted octanol–water partition coefficient (Wildman–Crippen LogP) is 3.33. The van der Waals surface area contributed by atoms with Crippen LogP contribution < -0.4 is 10.6 Å². The molecular formula is C18H25Cl2IN4O. The summed E-state index contributed by atoms with van der Waals surface area (Å²) < 4.78 is 0. The molecule has 2 N–H and O–H groups in total. The van der Waals surface area contributed by atoms with Crippen LogP contribution in [0.15, 0.2) is 23.2 Å². The number of guanidine groups is 1. The average molecular weight is 511 g/mol. The van der Waals surface area contributed by atoms with Gasteiger partial charge >= 0.3 is 0 Å². The van der Waals surface area contributed by atoms with Crippen LogP contribution in [-0.2, 0) is 11.2 Å². The lowest BCUT2D eigenvalue weighted by Gasteiger charge is -2.40. The van der Waals surface area contributed by atoms with E-state index in [1.54, 1.807) is 13.1 Å². The van der Waals surface area contributed by atoms with E-state index in [1.807, 2.05) is 12.1 Å². The summed E-state index contributed by atoms with van der Waals surface area (Å²) >= 11 is 12.2. The van der Waals surface area contributed by atoms with Crippen LogP contribution in [0.3, 0.4) is 0 Å². The van der Waals surface area contributed by atoms with Crippen molar-refractivity contribution < 1.29 is 4.79 Å². The molecule has 3 rings (SSSR count). The van der Waals surface area contributed by atoms with E-state index in [0.29, 0.717) is 16.5 Å². The van der Waals surface area contributed by atoms with Crippen molar-refractivity contribution in [2.75, 3.05) is 33.2 Å². The summed E-state index contributed by atoms with van der Waals surface area (Å²) in [4.78, 5) is 18.3. The molecule has 1 spiro atoms. The van der Waals surface area contributed by atoms with Crippen molar-refractivity contribution in [1.82, 2.24) is 15.5 Å². The van der Waals surface area contributed by atoms with Gasteiger partial charge < -0.3 is 15.5 Å². The van der Waals surface area contributed by atoms with Gasteiger partial charge in [0.25, 0.3) is 0 Å². The molecule has 2 fully saturated rings. The van der Waals surface area contributed by atoms with Crippen LogP contribution in [0.1, 0.15) is 24.8 Å². The molecule has 2 aliphatic heterocycles. The molecule has 144 valence electrons. The van der Waals surface area contributed by atoms with Crippen molar-refractivity contribution in [2.45, 2.75) is 25.7 Å². The highest BCUT2D eigenvalue weighted by molar-refractivity contribution is 14.0. The number of nitrogens with one attached hydrogen (secondary N) is 2. The van der Waals surface area contributed by atoms with Gasteiger partial charge in [0, 0.05) is 55.1 Å². The Kier molecular flexibility index (Phi) is 7.85. The third-order valence-corrected chi connectivity index (χ3v) is 5.65. The smallest absolute Gasteiger partial charge is 0.220 e. The van der Waals surface area contributed by atoms with Gasteiger partial charge in [-0.05, 0) is 37.0 Å². The molecule has 2 aliphatic rings. The highest BCUT2D eigenvalue weighted by Gasteiger charge is 2.42. The maximum atomic E-state index is 11.6. The quantitative estimate of drug-likeness (QED) is 0.372. The zero-order valence-electron chi connectivity index (χ0n) is 14.9. The van der Waals surface area contributed by atoms with Gasteiger partial charge in [-0.15, -0.1) is 24.0 Å². The molecule has 1 aromatic carbocycles. The number of rotatable bonds is 3. The van der Waals surface area contributed by atoms with Crippen molar-refractivity contribution in [2.24, 2.45) is 10.4 Å². The molecule has 1 aromatic rings. The number of nitrogens with zero attached hydrogens (tertiary/aromatic N) is 2. The number of benzene rings is 1. The van der Waals surface area contributed by atoms with Crippen LogP contribution >= 0.6 is 47.2 Å². The normalized spacial score (nSPS) is 23.0. The molecule has 2 saturated heterocycles. The van der Waals surface area contributed by atoms with Gasteiger partial charge in [-0.25, -0.2) is 0 Å². The molecule has 0 aliphatic carbocycles. The molecule has 5 nitrogen and oxygen atoms in total. The van der Waals surface area contributed by atoms with E-state index in [1.165, 1.54) is 0 Å². The molecule has 1 amide bonds. The number of likely N-dealkylation sites (tertiary alicyclic amines) is 1. The second-order valence-corrected chi connectivity index (χ2v) is 7.78. The summed E-state index contributed by atoms with van der Waals surface area (Å²) in [7, 11) is 1.80. The number of amides is 1. The molecule has 26 heavy (non-hydrogen) atoms. The van der Waals surface area contributed by atoms with E-state index in [2.05, 4.69) is 20.5 Å². The maximum Gasteiger partial charge on any atom is 0.220 e. The van der Waals surface area contributed by atoms with Crippen LogP contribution in [0.25, 0.3) is 0 Å². The standard InChI is InChI=1S/C18H24Cl2N4O.HI/c1-21-17(22-7-5-13-3-4-14(19)9-15(13)20)24-8-2-6-18(12-24)10-16(25)23-11-18;/h3-4,9H,2,5-8,10-12H2,1H3,(H,21,22)(H,23,25);1H.